The summed E-state index contributed by atoms with van der Waals surface area (Å²) in [5.74, 6) is 0.975. The van der Waals surface area contributed by atoms with Crippen molar-refractivity contribution in [2.45, 2.75) is 19.3 Å². The highest BCUT2D eigenvalue weighted by atomic mass is 19.1. The van der Waals surface area contributed by atoms with E-state index in [1.54, 1.807) is 12.1 Å². The molecule has 2 atom stereocenters. The monoisotopic (exact) mass is 393 g/mol. The van der Waals surface area contributed by atoms with Crippen molar-refractivity contribution in [2.75, 3.05) is 18.4 Å². The van der Waals surface area contributed by atoms with Crippen LogP contribution in [-0.2, 0) is 11.2 Å². The molecule has 1 amide bonds. The number of halogens is 1. The Kier molecular flexibility index (Phi) is 6.00. The maximum Gasteiger partial charge on any atom is 0.224 e. The van der Waals surface area contributed by atoms with Gasteiger partial charge in [-0.25, -0.2) is 4.39 Å². The number of carbonyl (C=O) groups is 1. The van der Waals surface area contributed by atoms with E-state index in [4.69, 9.17) is 4.52 Å². The fourth-order valence-corrected chi connectivity index (χ4v) is 3.88. The van der Waals surface area contributed by atoms with Gasteiger partial charge in [-0.1, -0.05) is 23.4 Å². The summed E-state index contributed by atoms with van der Waals surface area (Å²) >= 11 is 0. The summed E-state index contributed by atoms with van der Waals surface area (Å²) in [6, 6.07) is 17.6. The van der Waals surface area contributed by atoms with E-state index in [0.717, 1.165) is 42.9 Å². The zero-order valence-electron chi connectivity index (χ0n) is 16.1. The summed E-state index contributed by atoms with van der Waals surface area (Å²) in [5, 5.41) is 10.6. The topological polar surface area (TPSA) is 67.2 Å². The Morgan fingerprint density at radius 2 is 1.93 bits per heavy atom. The largest absolute Gasteiger partial charge is 0.356 e. The first-order valence-electron chi connectivity index (χ1n) is 9.94. The summed E-state index contributed by atoms with van der Waals surface area (Å²) in [7, 11) is 0. The number of hydrogen-bond acceptors (Lipinski definition) is 4. The fourth-order valence-electron chi connectivity index (χ4n) is 3.88. The van der Waals surface area contributed by atoms with E-state index < -0.39 is 0 Å². The zero-order valence-corrected chi connectivity index (χ0v) is 16.1. The molecule has 0 saturated carbocycles. The van der Waals surface area contributed by atoms with Crippen LogP contribution in [0.2, 0.25) is 0 Å². The molecule has 0 bridgehead atoms. The lowest BCUT2D eigenvalue weighted by atomic mass is 9.81. The summed E-state index contributed by atoms with van der Waals surface area (Å²) in [4.78, 5) is 12.5. The number of carbonyl (C=O) groups excluding carboxylic acids is 1. The molecule has 2 unspecified atom stereocenters. The minimum atomic E-state index is -0.279. The quantitative estimate of drug-likeness (QED) is 0.656. The second-order valence-electron chi connectivity index (χ2n) is 7.52. The molecule has 2 N–H and O–H groups in total. The molecule has 5 nitrogen and oxygen atoms in total. The molecular weight excluding hydrogens is 369 g/mol. The van der Waals surface area contributed by atoms with E-state index in [0.29, 0.717) is 18.1 Å². The molecular formula is C23H24FN3O2. The van der Waals surface area contributed by atoms with Gasteiger partial charge in [-0.2, -0.15) is 0 Å². The minimum absolute atomic E-state index is 0.0419. The lowest BCUT2D eigenvalue weighted by Crippen LogP contribution is -2.39. The maximum atomic E-state index is 13.1. The van der Waals surface area contributed by atoms with Crippen LogP contribution in [-0.4, -0.2) is 24.2 Å². The van der Waals surface area contributed by atoms with Crippen LogP contribution in [0.4, 0.5) is 10.1 Å². The lowest BCUT2D eigenvalue weighted by Gasteiger charge is -2.31. The summed E-state index contributed by atoms with van der Waals surface area (Å²) in [6.45, 7) is 1.77. The molecule has 2 aromatic carbocycles. The first kappa shape index (κ1) is 19.3. The molecule has 2 heterocycles. The number of amides is 1. The molecule has 1 fully saturated rings. The minimum Gasteiger partial charge on any atom is -0.356 e. The molecule has 150 valence electrons. The number of hydrogen-bond donors (Lipinski definition) is 2. The lowest BCUT2D eigenvalue weighted by molar-refractivity contribution is -0.117. The number of nitrogens with one attached hydrogen (secondary N) is 2. The number of para-hydroxylation sites is 1. The van der Waals surface area contributed by atoms with E-state index in [1.165, 1.54) is 12.1 Å². The van der Waals surface area contributed by atoms with Crippen LogP contribution >= 0.6 is 0 Å². The van der Waals surface area contributed by atoms with E-state index in [-0.39, 0.29) is 17.6 Å². The van der Waals surface area contributed by atoms with Crippen molar-refractivity contribution in [1.82, 2.24) is 10.5 Å². The Bertz CT molecular complexity index is 940. The molecule has 1 aromatic heterocycles. The molecule has 6 heteroatoms. The average Bonchev–Trinajstić information content (AvgIpc) is 3.19. The Morgan fingerprint density at radius 1 is 1.14 bits per heavy atom. The summed E-state index contributed by atoms with van der Waals surface area (Å²) in [5.41, 5.74) is 2.47. The van der Waals surface area contributed by atoms with Gasteiger partial charge >= 0.3 is 0 Å². The SMILES string of the molecule is O=C(CC1CCNCC1Cc1cc(-c2ccc(F)cc2)on1)Nc1ccccc1. The molecule has 3 aromatic rings. The third kappa shape index (κ3) is 5.09. The number of anilines is 1. The molecule has 4 rings (SSSR count). The second-order valence-corrected chi connectivity index (χ2v) is 7.52. The van der Waals surface area contributed by atoms with Crippen molar-refractivity contribution in [3.8, 4) is 11.3 Å². The average molecular weight is 393 g/mol. The van der Waals surface area contributed by atoms with Gasteiger partial charge in [0.25, 0.3) is 0 Å². The normalized spacial score (nSPS) is 19.1. The van der Waals surface area contributed by atoms with Crippen molar-refractivity contribution in [1.29, 1.82) is 0 Å². The Morgan fingerprint density at radius 3 is 2.72 bits per heavy atom. The molecule has 29 heavy (non-hydrogen) atoms. The van der Waals surface area contributed by atoms with Crippen LogP contribution < -0.4 is 10.6 Å². The standard InChI is InChI=1S/C23H24FN3O2/c24-19-8-6-16(7-9-19)22-14-21(27-29-22)12-18-15-25-11-10-17(18)13-23(28)26-20-4-2-1-3-5-20/h1-9,14,17-18,25H,10-13,15H2,(H,26,28). The van der Waals surface area contributed by atoms with Gasteiger partial charge in [-0.3, -0.25) is 4.79 Å². The van der Waals surface area contributed by atoms with E-state index in [2.05, 4.69) is 15.8 Å². The van der Waals surface area contributed by atoms with Crippen LogP contribution in [0.15, 0.2) is 65.2 Å². The van der Waals surface area contributed by atoms with Gasteiger partial charge < -0.3 is 15.2 Å². The predicted molar refractivity (Wildman–Crippen MR) is 110 cm³/mol. The van der Waals surface area contributed by atoms with Crippen molar-refractivity contribution >= 4 is 11.6 Å². The predicted octanol–water partition coefficient (Wildman–Crippen LogP) is 4.28. The highest BCUT2D eigenvalue weighted by Crippen LogP contribution is 2.28. The van der Waals surface area contributed by atoms with E-state index in [9.17, 15) is 9.18 Å². The van der Waals surface area contributed by atoms with Gasteiger partial charge in [0.15, 0.2) is 5.76 Å². The van der Waals surface area contributed by atoms with Gasteiger partial charge in [0, 0.05) is 23.7 Å². The third-order valence-electron chi connectivity index (χ3n) is 5.43. The number of rotatable bonds is 6. The van der Waals surface area contributed by atoms with Crippen molar-refractivity contribution < 1.29 is 13.7 Å². The van der Waals surface area contributed by atoms with Crippen LogP contribution in [0.25, 0.3) is 11.3 Å². The van der Waals surface area contributed by atoms with Crippen molar-refractivity contribution in [3.05, 3.63) is 72.2 Å². The van der Waals surface area contributed by atoms with Gasteiger partial charge in [0.1, 0.15) is 5.82 Å². The third-order valence-corrected chi connectivity index (χ3v) is 5.43. The molecule has 1 aliphatic rings. The van der Waals surface area contributed by atoms with Gasteiger partial charge in [0.05, 0.1) is 5.69 Å². The second kappa shape index (κ2) is 9.01. The van der Waals surface area contributed by atoms with Gasteiger partial charge in [-0.05, 0) is 74.2 Å². The highest BCUT2D eigenvalue weighted by molar-refractivity contribution is 5.90. The van der Waals surface area contributed by atoms with Gasteiger partial charge in [0.2, 0.25) is 5.91 Å². The van der Waals surface area contributed by atoms with E-state index in [1.807, 2.05) is 36.4 Å². The zero-order chi connectivity index (χ0) is 20.1. The first-order chi connectivity index (χ1) is 14.2. The van der Waals surface area contributed by atoms with Crippen LogP contribution in [0.5, 0.6) is 0 Å². The number of benzene rings is 2. The van der Waals surface area contributed by atoms with Crippen molar-refractivity contribution in [2.24, 2.45) is 11.8 Å². The molecule has 0 radical (unpaired) electrons. The first-order valence-corrected chi connectivity index (χ1v) is 9.94. The summed E-state index contributed by atoms with van der Waals surface area (Å²) in [6.07, 6.45) is 2.18. The fraction of sp³-hybridized carbons (Fsp3) is 0.304. The Hall–Kier alpha value is -2.99. The smallest absolute Gasteiger partial charge is 0.224 e. The Labute approximate surface area is 169 Å². The number of nitrogens with zero attached hydrogens (tertiary/aromatic N) is 1. The number of aromatic nitrogens is 1. The van der Waals surface area contributed by atoms with Gasteiger partial charge in [-0.15, -0.1) is 0 Å². The van der Waals surface area contributed by atoms with Crippen LogP contribution in [0.1, 0.15) is 18.5 Å². The molecule has 0 aliphatic carbocycles. The van der Waals surface area contributed by atoms with Crippen molar-refractivity contribution in [3.63, 3.8) is 0 Å². The van der Waals surface area contributed by atoms with E-state index >= 15 is 0 Å². The Balaban J connectivity index is 1.39. The maximum absolute atomic E-state index is 13.1. The number of piperidine rings is 1. The van der Waals surface area contributed by atoms with Crippen LogP contribution in [0.3, 0.4) is 0 Å². The molecule has 1 aliphatic heterocycles. The summed E-state index contributed by atoms with van der Waals surface area (Å²) < 4.78 is 18.6. The molecule has 0 spiro atoms. The highest BCUT2D eigenvalue weighted by Gasteiger charge is 2.28. The van der Waals surface area contributed by atoms with Crippen LogP contribution in [0, 0.1) is 17.7 Å². The molecule has 1 saturated heterocycles.